The summed E-state index contributed by atoms with van der Waals surface area (Å²) in [5, 5.41) is 0. The predicted molar refractivity (Wildman–Crippen MR) is 194 cm³/mol. The Labute approximate surface area is 302 Å². The highest BCUT2D eigenvalue weighted by atomic mass is 79.9. The van der Waals surface area contributed by atoms with Crippen molar-refractivity contribution in [3.63, 3.8) is 0 Å². The molecule has 0 saturated heterocycles. The summed E-state index contributed by atoms with van der Waals surface area (Å²) < 4.78 is 2.92. The molecule has 0 atom stereocenters. The fourth-order valence-electron chi connectivity index (χ4n) is 7.48. The standard InChI is InChI=1S/C40H86N2.2BrH/c1-7-13-19-25-33-41(34-26-20-14-8-2,35-27-21-15-9-3)39-31-32-40-42(36-28-22-16-10-4,37-29-23-17-11-5)38-30-24-18-12-6;;/h7-40H2,1-6H3;2*1H/q+2;;/p-2. The van der Waals surface area contributed by atoms with E-state index in [9.17, 15) is 0 Å². The van der Waals surface area contributed by atoms with Gasteiger partial charge in [0.1, 0.15) is 0 Å². The Morgan fingerprint density at radius 1 is 0.205 bits per heavy atom. The van der Waals surface area contributed by atoms with Crippen LogP contribution in [-0.4, -0.2) is 61.3 Å². The minimum Gasteiger partial charge on any atom is -1.00 e. The van der Waals surface area contributed by atoms with Crippen LogP contribution in [0.1, 0.15) is 208 Å². The second kappa shape index (κ2) is 36.7. The van der Waals surface area contributed by atoms with Crippen LogP contribution in [0, 0.1) is 0 Å². The first-order valence-electron chi connectivity index (χ1n) is 20.3. The second-order valence-corrected chi connectivity index (χ2v) is 14.5. The van der Waals surface area contributed by atoms with Crippen LogP contribution in [-0.2, 0) is 0 Å². The summed E-state index contributed by atoms with van der Waals surface area (Å²) in [5.41, 5.74) is 0. The molecule has 0 fully saturated rings. The van der Waals surface area contributed by atoms with Crippen LogP contribution in [0.4, 0.5) is 0 Å². The molecule has 0 N–H and O–H groups in total. The van der Waals surface area contributed by atoms with E-state index in [-0.39, 0.29) is 34.0 Å². The zero-order chi connectivity index (χ0) is 31.0. The monoisotopic (exact) mass is 753 g/mol. The number of rotatable bonds is 35. The van der Waals surface area contributed by atoms with Gasteiger partial charge in [0.25, 0.3) is 0 Å². The Morgan fingerprint density at radius 3 is 0.477 bits per heavy atom. The van der Waals surface area contributed by atoms with Crippen LogP contribution in [0.15, 0.2) is 0 Å². The van der Waals surface area contributed by atoms with E-state index < -0.39 is 0 Å². The highest BCUT2D eigenvalue weighted by molar-refractivity contribution is 4.56. The van der Waals surface area contributed by atoms with Crippen molar-refractivity contribution in [3.8, 4) is 0 Å². The average Bonchev–Trinajstić information content (AvgIpc) is 3.00. The van der Waals surface area contributed by atoms with E-state index in [1.165, 1.54) is 228 Å². The summed E-state index contributed by atoms with van der Waals surface area (Å²) >= 11 is 0. The molecule has 2 nitrogen and oxygen atoms in total. The molecule has 0 aromatic rings. The molecular weight excluding hydrogens is 668 g/mol. The average molecular weight is 755 g/mol. The van der Waals surface area contributed by atoms with Crippen molar-refractivity contribution in [2.45, 2.75) is 208 Å². The minimum atomic E-state index is 0. The van der Waals surface area contributed by atoms with Gasteiger partial charge >= 0.3 is 0 Å². The van der Waals surface area contributed by atoms with E-state index in [0.717, 1.165) is 0 Å². The van der Waals surface area contributed by atoms with E-state index in [0.29, 0.717) is 0 Å². The molecule has 0 aliphatic carbocycles. The van der Waals surface area contributed by atoms with Crippen molar-refractivity contribution in [3.05, 3.63) is 0 Å². The van der Waals surface area contributed by atoms with Crippen molar-refractivity contribution in [2.75, 3.05) is 52.4 Å². The Balaban J connectivity index is -0.00000840. The third-order valence-electron chi connectivity index (χ3n) is 10.4. The maximum Gasteiger partial charge on any atom is 0.0788 e. The van der Waals surface area contributed by atoms with E-state index in [1.54, 1.807) is 0 Å². The molecule has 0 aromatic carbocycles. The smallest absolute Gasteiger partial charge is 0.0788 e. The summed E-state index contributed by atoms with van der Waals surface area (Å²) in [6, 6.07) is 0. The maximum atomic E-state index is 2.37. The highest BCUT2D eigenvalue weighted by Gasteiger charge is 2.29. The van der Waals surface area contributed by atoms with Crippen molar-refractivity contribution in [1.29, 1.82) is 0 Å². The molecule has 0 aromatic heterocycles. The fraction of sp³-hybridized carbons (Fsp3) is 1.00. The Bertz CT molecular complexity index is 419. The lowest BCUT2D eigenvalue weighted by molar-refractivity contribution is -0.935. The minimum absolute atomic E-state index is 0. The van der Waals surface area contributed by atoms with Crippen molar-refractivity contribution in [1.82, 2.24) is 0 Å². The van der Waals surface area contributed by atoms with Crippen LogP contribution in [0.5, 0.6) is 0 Å². The van der Waals surface area contributed by atoms with Crippen molar-refractivity contribution >= 4 is 0 Å². The molecule has 0 rings (SSSR count). The van der Waals surface area contributed by atoms with Gasteiger partial charge in [0.15, 0.2) is 0 Å². The number of nitrogens with zero attached hydrogens (tertiary/aromatic N) is 2. The first kappa shape index (κ1) is 49.3. The predicted octanol–water partition coefficient (Wildman–Crippen LogP) is 6.89. The largest absolute Gasteiger partial charge is 1.00 e. The van der Waals surface area contributed by atoms with E-state index in [4.69, 9.17) is 0 Å². The van der Waals surface area contributed by atoms with Gasteiger partial charge in [-0.15, -0.1) is 0 Å². The molecule has 0 aliphatic heterocycles. The van der Waals surface area contributed by atoms with Crippen molar-refractivity contribution in [2.24, 2.45) is 0 Å². The Kier molecular flexibility index (Phi) is 41.1. The molecule has 0 amide bonds. The molecule has 0 aliphatic rings. The molecule has 270 valence electrons. The molecule has 0 saturated carbocycles. The lowest BCUT2D eigenvalue weighted by Gasteiger charge is -2.41. The van der Waals surface area contributed by atoms with Gasteiger partial charge in [0, 0.05) is 12.8 Å². The zero-order valence-corrected chi connectivity index (χ0v) is 34.9. The maximum absolute atomic E-state index is 2.37. The normalized spacial score (nSPS) is 11.9. The third-order valence-corrected chi connectivity index (χ3v) is 10.4. The molecule has 0 spiro atoms. The van der Waals surface area contributed by atoms with E-state index in [1.807, 2.05) is 0 Å². The quantitative estimate of drug-likeness (QED) is 0.0489. The van der Waals surface area contributed by atoms with Crippen LogP contribution in [0.3, 0.4) is 0 Å². The fourth-order valence-corrected chi connectivity index (χ4v) is 7.48. The lowest BCUT2D eigenvalue weighted by atomic mass is 10.1. The number of quaternary nitrogens is 2. The topological polar surface area (TPSA) is 0 Å². The number of hydrogen-bond acceptors (Lipinski definition) is 0. The van der Waals surface area contributed by atoms with E-state index in [2.05, 4.69) is 41.5 Å². The van der Waals surface area contributed by atoms with Gasteiger partial charge in [-0.25, -0.2) is 0 Å². The molecular formula is C40H86Br2N2. The van der Waals surface area contributed by atoms with Gasteiger partial charge in [-0.05, 0) is 77.0 Å². The summed E-state index contributed by atoms with van der Waals surface area (Å²) in [6.45, 7) is 25.9. The first-order valence-corrected chi connectivity index (χ1v) is 20.3. The van der Waals surface area contributed by atoms with Crippen LogP contribution in [0.25, 0.3) is 0 Å². The zero-order valence-electron chi connectivity index (χ0n) is 31.7. The molecule has 0 unspecified atom stereocenters. The SMILES string of the molecule is CCCCCC[N+](CCCCCC)(CCCCCC)CCCC[N+](CCCCCC)(CCCCCC)CCCCCC.[Br-].[Br-]. The first-order chi connectivity index (χ1) is 20.6. The molecule has 0 bridgehead atoms. The van der Waals surface area contributed by atoms with Gasteiger partial charge in [0.2, 0.25) is 0 Å². The molecule has 0 heterocycles. The number of hydrogen-bond donors (Lipinski definition) is 0. The van der Waals surface area contributed by atoms with Crippen LogP contribution < -0.4 is 34.0 Å². The summed E-state index contributed by atoms with van der Waals surface area (Å²) in [4.78, 5) is 0. The molecule has 4 heteroatoms. The van der Waals surface area contributed by atoms with E-state index >= 15 is 0 Å². The summed E-state index contributed by atoms with van der Waals surface area (Å²) in [6.07, 6.45) is 37.2. The lowest BCUT2D eigenvalue weighted by Crippen LogP contribution is -3.00. The third kappa shape index (κ3) is 27.9. The summed E-state index contributed by atoms with van der Waals surface area (Å²) in [5.74, 6) is 0. The molecule has 44 heavy (non-hydrogen) atoms. The van der Waals surface area contributed by atoms with Gasteiger partial charge in [-0.2, -0.15) is 0 Å². The molecule has 0 radical (unpaired) electrons. The Morgan fingerprint density at radius 2 is 0.341 bits per heavy atom. The number of halogens is 2. The van der Waals surface area contributed by atoms with Gasteiger partial charge in [0.05, 0.1) is 52.4 Å². The highest BCUT2D eigenvalue weighted by Crippen LogP contribution is 2.22. The van der Waals surface area contributed by atoms with Gasteiger partial charge in [-0.1, -0.05) is 119 Å². The van der Waals surface area contributed by atoms with Crippen LogP contribution >= 0.6 is 0 Å². The van der Waals surface area contributed by atoms with Crippen molar-refractivity contribution < 1.29 is 42.9 Å². The Hall–Kier alpha value is 0.880. The van der Waals surface area contributed by atoms with Gasteiger partial charge in [-0.3, -0.25) is 0 Å². The summed E-state index contributed by atoms with van der Waals surface area (Å²) in [7, 11) is 0. The van der Waals surface area contributed by atoms with Gasteiger partial charge < -0.3 is 42.9 Å². The van der Waals surface area contributed by atoms with Crippen LogP contribution in [0.2, 0.25) is 0 Å². The second-order valence-electron chi connectivity index (χ2n) is 14.5. The number of unbranched alkanes of at least 4 members (excludes halogenated alkanes) is 19.